The van der Waals surface area contributed by atoms with Gasteiger partial charge < -0.3 is 15.5 Å². The van der Waals surface area contributed by atoms with Gasteiger partial charge in [-0.3, -0.25) is 4.79 Å². The molecule has 0 radical (unpaired) electrons. The first-order valence-electron chi connectivity index (χ1n) is 4.34. The molecule has 1 unspecified atom stereocenters. The maximum absolute atomic E-state index is 11.3. The second-order valence-electron chi connectivity index (χ2n) is 3.44. The maximum Gasteiger partial charge on any atom is 0.241 e. The molecule has 0 aromatic carbocycles. The quantitative estimate of drug-likeness (QED) is 0.501. The summed E-state index contributed by atoms with van der Waals surface area (Å²) in [6.07, 6.45) is 1.31. The molecule has 1 amide bonds. The molecule has 0 saturated heterocycles. The molecule has 1 aromatic heterocycles. The third-order valence-corrected chi connectivity index (χ3v) is 1.70. The zero-order valence-corrected chi connectivity index (χ0v) is 8.29. The van der Waals surface area contributed by atoms with Crippen molar-refractivity contribution in [2.75, 3.05) is 13.2 Å². The van der Waals surface area contributed by atoms with Crippen LogP contribution in [0.4, 0.5) is 0 Å². The number of nitrogens with one attached hydrogen (secondary N) is 1. The summed E-state index contributed by atoms with van der Waals surface area (Å²) < 4.78 is 1.25. The van der Waals surface area contributed by atoms with Crippen LogP contribution in [-0.2, 0) is 11.3 Å². The van der Waals surface area contributed by atoms with Crippen LogP contribution in [0.5, 0.6) is 0 Å². The highest BCUT2D eigenvalue weighted by atomic mass is 16.3. The number of carbonyl (C=O) groups is 1. The molecule has 0 spiro atoms. The predicted octanol–water partition coefficient (Wildman–Crippen LogP) is -2.47. The van der Waals surface area contributed by atoms with Gasteiger partial charge in [-0.1, -0.05) is 0 Å². The van der Waals surface area contributed by atoms with Crippen LogP contribution in [-0.4, -0.2) is 55.1 Å². The summed E-state index contributed by atoms with van der Waals surface area (Å²) in [7, 11) is 0. The molecule has 1 aromatic rings. The van der Waals surface area contributed by atoms with Crippen LogP contribution < -0.4 is 5.32 Å². The number of aliphatic hydroxyl groups is 2. The van der Waals surface area contributed by atoms with Crippen molar-refractivity contribution in [2.45, 2.75) is 19.1 Å². The zero-order valence-electron chi connectivity index (χ0n) is 8.29. The molecule has 0 aliphatic carbocycles. The van der Waals surface area contributed by atoms with E-state index in [1.54, 1.807) is 0 Å². The largest absolute Gasteiger partial charge is 0.393 e. The summed E-state index contributed by atoms with van der Waals surface area (Å²) in [5, 5.41) is 30.8. The summed E-state index contributed by atoms with van der Waals surface area (Å²) in [5.74, 6) is -0.337. The van der Waals surface area contributed by atoms with E-state index in [1.807, 2.05) is 0 Å². The minimum Gasteiger partial charge on any atom is -0.393 e. The van der Waals surface area contributed by atoms with E-state index in [9.17, 15) is 9.90 Å². The zero-order chi connectivity index (χ0) is 11.3. The predicted molar refractivity (Wildman–Crippen MR) is 48.5 cm³/mol. The molecule has 1 atom stereocenters. The molecule has 84 valence electrons. The molecule has 1 heterocycles. The van der Waals surface area contributed by atoms with Crippen LogP contribution >= 0.6 is 0 Å². The summed E-state index contributed by atoms with van der Waals surface area (Å²) in [5.41, 5.74) is -1.31. The lowest BCUT2D eigenvalue weighted by Crippen LogP contribution is -2.44. The number of nitrogens with zero attached hydrogens (tertiary/aromatic N) is 4. The van der Waals surface area contributed by atoms with E-state index in [2.05, 4.69) is 20.8 Å². The number of rotatable bonds is 5. The van der Waals surface area contributed by atoms with Gasteiger partial charge in [-0.15, -0.1) is 5.10 Å². The van der Waals surface area contributed by atoms with Crippen molar-refractivity contribution in [3.63, 3.8) is 0 Å². The highest BCUT2D eigenvalue weighted by molar-refractivity contribution is 5.75. The summed E-state index contributed by atoms with van der Waals surface area (Å²) in [6.45, 7) is 0.960. The first kappa shape index (κ1) is 11.5. The molecule has 3 N–H and O–H groups in total. The fourth-order valence-corrected chi connectivity index (χ4v) is 0.801. The van der Waals surface area contributed by atoms with Gasteiger partial charge in [0.25, 0.3) is 0 Å². The lowest BCUT2D eigenvalue weighted by atomic mass is 10.1. The van der Waals surface area contributed by atoms with Crippen LogP contribution in [0.25, 0.3) is 0 Å². The Morgan fingerprint density at radius 3 is 2.93 bits per heavy atom. The molecule has 1 rings (SSSR count). The molecule has 8 nitrogen and oxygen atoms in total. The van der Waals surface area contributed by atoms with Crippen molar-refractivity contribution in [3.8, 4) is 0 Å². The molecular weight excluding hydrogens is 202 g/mol. The monoisotopic (exact) mass is 215 g/mol. The summed E-state index contributed by atoms with van der Waals surface area (Å²) >= 11 is 0. The molecule has 0 aliphatic rings. The molecule has 0 saturated carbocycles. The van der Waals surface area contributed by atoms with Gasteiger partial charge in [0.15, 0.2) is 0 Å². The molecule has 0 bridgehead atoms. The summed E-state index contributed by atoms with van der Waals surface area (Å²) in [6, 6.07) is 0. The lowest BCUT2D eigenvalue weighted by molar-refractivity contribution is -0.123. The highest BCUT2D eigenvalue weighted by Crippen LogP contribution is 1.98. The minimum atomic E-state index is -1.31. The summed E-state index contributed by atoms with van der Waals surface area (Å²) in [4.78, 5) is 11.3. The van der Waals surface area contributed by atoms with Gasteiger partial charge in [0.1, 0.15) is 18.5 Å². The van der Waals surface area contributed by atoms with Crippen molar-refractivity contribution in [1.82, 2.24) is 25.5 Å². The molecule has 0 aliphatic heterocycles. The topological polar surface area (TPSA) is 113 Å². The second-order valence-corrected chi connectivity index (χ2v) is 3.44. The highest BCUT2D eigenvalue weighted by Gasteiger charge is 2.19. The van der Waals surface area contributed by atoms with E-state index in [4.69, 9.17) is 5.11 Å². The lowest BCUT2D eigenvalue weighted by Gasteiger charge is -2.20. The maximum atomic E-state index is 11.3. The van der Waals surface area contributed by atoms with Gasteiger partial charge in [0.05, 0.1) is 6.61 Å². The SMILES string of the molecule is CC(O)(CO)CNC(=O)Cn1cnnn1. The van der Waals surface area contributed by atoms with E-state index in [1.165, 1.54) is 17.9 Å². The third-order valence-electron chi connectivity index (χ3n) is 1.70. The molecule has 8 heteroatoms. The number of hydrogen-bond acceptors (Lipinski definition) is 6. The molecular formula is C7H13N5O3. The normalized spacial score (nSPS) is 14.6. The van der Waals surface area contributed by atoms with Crippen molar-refractivity contribution in [2.24, 2.45) is 0 Å². The van der Waals surface area contributed by atoms with Crippen LogP contribution in [0.1, 0.15) is 6.92 Å². The van der Waals surface area contributed by atoms with Gasteiger partial charge in [-0.05, 0) is 17.4 Å². The van der Waals surface area contributed by atoms with Crippen molar-refractivity contribution in [3.05, 3.63) is 6.33 Å². The van der Waals surface area contributed by atoms with E-state index in [-0.39, 0.29) is 19.0 Å². The fourth-order valence-electron chi connectivity index (χ4n) is 0.801. The third kappa shape index (κ3) is 4.00. The second kappa shape index (κ2) is 4.80. The Morgan fingerprint density at radius 2 is 2.40 bits per heavy atom. The number of hydrogen-bond donors (Lipinski definition) is 3. The van der Waals surface area contributed by atoms with E-state index < -0.39 is 12.2 Å². The number of carbonyl (C=O) groups excluding carboxylic acids is 1. The fraction of sp³-hybridized carbons (Fsp3) is 0.714. The van der Waals surface area contributed by atoms with Gasteiger partial charge in [0, 0.05) is 6.54 Å². The average Bonchev–Trinajstić information content (AvgIpc) is 2.68. The number of aromatic nitrogens is 4. The van der Waals surface area contributed by atoms with E-state index >= 15 is 0 Å². The smallest absolute Gasteiger partial charge is 0.241 e. The first-order chi connectivity index (χ1) is 7.03. The Bertz CT molecular complexity index is 310. The molecule has 0 fully saturated rings. The van der Waals surface area contributed by atoms with Gasteiger partial charge in [-0.2, -0.15) is 0 Å². The first-order valence-corrected chi connectivity index (χ1v) is 4.34. The Morgan fingerprint density at radius 1 is 1.67 bits per heavy atom. The van der Waals surface area contributed by atoms with E-state index in [0.717, 1.165) is 0 Å². The Hall–Kier alpha value is -1.54. The van der Waals surface area contributed by atoms with Crippen LogP contribution in [0.2, 0.25) is 0 Å². The van der Waals surface area contributed by atoms with Gasteiger partial charge in [-0.25, -0.2) is 4.68 Å². The van der Waals surface area contributed by atoms with Crippen molar-refractivity contribution in [1.29, 1.82) is 0 Å². The Labute approximate surface area is 85.9 Å². The van der Waals surface area contributed by atoms with Crippen LogP contribution in [0.15, 0.2) is 6.33 Å². The van der Waals surface area contributed by atoms with Crippen molar-refractivity contribution < 1.29 is 15.0 Å². The van der Waals surface area contributed by atoms with Gasteiger partial charge >= 0.3 is 0 Å². The Balaban J connectivity index is 2.31. The number of tetrazole rings is 1. The van der Waals surface area contributed by atoms with Crippen LogP contribution in [0.3, 0.4) is 0 Å². The standard InChI is InChI=1S/C7H13N5O3/c1-7(15,4-13)3-8-6(14)2-12-5-9-10-11-12/h5,13,15H,2-4H2,1H3,(H,8,14). The number of aliphatic hydroxyl groups excluding tert-OH is 1. The average molecular weight is 215 g/mol. The van der Waals surface area contributed by atoms with Crippen molar-refractivity contribution >= 4 is 5.91 Å². The number of amides is 1. The minimum absolute atomic E-state index is 0.0193. The van der Waals surface area contributed by atoms with Crippen LogP contribution in [0, 0.1) is 0 Å². The van der Waals surface area contributed by atoms with E-state index in [0.29, 0.717) is 0 Å². The van der Waals surface area contributed by atoms with Gasteiger partial charge in [0.2, 0.25) is 5.91 Å². The Kier molecular flexibility index (Phi) is 3.69. The molecule has 15 heavy (non-hydrogen) atoms.